The highest BCUT2D eigenvalue weighted by molar-refractivity contribution is 7.15. The minimum atomic E-state index is 0.383. The lowest BCUT2D eigenvalue weighted by molar-refractivity contribution is 0.479. The first-order chi connectivity index (χ1) is 6.27. The molecule has 2 rings (SSSR count). The van der Waals surface area contributed by atoms with Gasteiger partial charge in [-0.1, -0.05) is 30.3 Å². The Labute approximate surface area is 81.3 Å². The molecule has 1 heterocycles. The lowest BCUT2D eigenvalue weighted by Crippen LogP contribution is -1.69. The molecule has 13 heavy (non-hydrogen) atoms. The maximum Gasteiger partial charge on any atom is 0.134 e. The van der Waals surface area contributed by atoms with Crippen molar-refractivity contribution < 1.29 is 5.11 Å². The second-order valence-corrected chi connectivity index (χ2v) is 4.19. The molecule has 2 aromatic rings. The molecule has 0 aliphatic heterocycles. The summed E-state index contributed by atoms with van der Waals surface area (Å²) in [6.45, 7) is 2.00. The molecule has 0 atom stereocenters. The third-order valence-corrected chi connectivity index (χ3v) is 2.96. The van der Waals surface area contributed by atoms with Crippen LogP contribution in [-0.4, -0.2) is 5.11 Å². The molecular formula is C11H10OS. The molecule has 0 bridgehead atoms. The highest BCUT2D eigenvalue weighted by Crippen LogP contribution is 2.36. The van der Waals surface area contributed by atoms with Gasteiger partial charge in [-0.25, -0.2) is 0 Å². The average molecular weight is 190 g/mol. The third-order valence-electron chi connectivity index (χ3n) is 1.87. The number of hydrogen-bond acceptors (Lipinski definition) is 2. The van der Waals surface area contributed by atoms with Crippen molar-refractivity contribution in [3.63, 3.8) is 0 Å². The molecule has 0 saturated carbocycles. The molecular weight excluding hydrogens is 180 g/mol. The molecule has 66 valence electrons. The Balaban J connectivity index is 2.53. The fraction of sp³-hybridized carbons (Fsp3) is 0.0909. The van der Waals surface area contributed by atoms with E-state index in [4.69, 9.17) is 0 Å². The molecule has 0 saturated heterocycles. The molecule has 1 N–H and O–H groups in total. The fourth-order valence-corrected chi connectivity index (χ4v) is 2.21. The van der Waals surface area contributed by atoms with Gasteiger partial charge in [0.15, 0.2) is 0 Å². The topological polar surface area (TPSA) is 20.2 Å². The van der Waals surface area contributed by atoms with E-state index in [0.29, 0.717) is 5.75 Å². The van der Waals surface area contributed by atoms with Gasteiger partial charge in [-0.05, 0) is 18.6 Å². The smallest absolute Gasteiger partial charge is 0.134 e. The van der Waals surface area contributed by atoms with Crippen molar-refractivity contribution in [2.45, 2.75) is 6.92 Å². The average Bonchev–Trinajstić information content (AvgIpc) is 2.47. The Bertz CT molecular complexity index is 403. The van der Waals surface area contributed by atoms with Gasteiger partial charge in [-0.15, -0.1) is 11.3 Å². The highest BCUT2D eigenvalue weighted by Gasteiger charge is 2.06. The van der Waals surface area contributed by atoms with E-state index in [1.807, 2.05) is 37.3 Å². The number of benzene rings is 1. The van der Waals surface area contributed by atoms with Crippen molar-refractivity contribution in [3.8, 4) is 16.2 Å². The van der Waals surface area contributed by atoms with Gasteiger partial charge in [0.05, 0.1) is 4.88 Å². The quantitative estimate of drug-likeness (QED) is 0.730. The van der Waals surface area contributed by atoms with E-state index < -0.39 is 0 Å². The first kappa shape index (κ1) is 8.32. The summed E-state index contributed by atoms with van der Waals surface area (Å²) in [7, 11) is 0. The van der Waals surface area contributed by atoms with Crippen molar-refractivity contribution >= 4 is 11.3 Å². The normalized spacial score (nSPS) is 10.2. The molecule has 1 aromatic carbocycles. The Morgan fingerprint density at radius 2 is 1.85 bits per heavy atom. The summed E-state index contributed by atoms with van der Waals surface area (Å²) in [5.41, 5.74) is 1.08. The van der Waals surface area contributed by atoms with E-state index in [-0.39, 0.29) is 0 Å². The predicted molar refractivity (Wildman–Crippen MR) is 56.2 cm³/mol. The molecule has 0 aliphatic carbocycles. The van der Waals surface area contributed by atoms with Gasteiger partial charge in [0.2, 0.25) is 0 Å². The molecule has 0 unspecified atom stereocenters. The zero-order valence-electron chi connectivity index (χ0n) is 7.32. The molecule has 0 spiro atoms. The van der Waals surface area contributed by atoms with E-state index in [1.165, 1.54) is 0 Å². The summed E-state index contributed by atoms with van der Waals surface area (Å²) in [5.74, 6) is 0.383. The van der Waals surface area contributed by atoms with E-state index in [1.54, 1.807) is 17.4 Å². The number of aromatic hydroxyl groups is 1. The van der Waals surface area contributed by atoms with Crippen LogP contribution in [0.2, 0.25) is 0 Å². The van der Waals surface area contributed by atoms with Gasteiger partial charge in [0, 0.05) is 4.88 Å². The van der Waals surface area contributed by atoms with Crippen LogP contribution in [0.15, 0.2) is 36.4 Å². The van der Waals surface area contributed by atoms with Gasteiger partial charge in [-0.3, -0.25) is 0 Å². The fourth-order valence-electron chi connectivity index (χ4n) is 1.30. The highest BCUT2D eigenvalue weighted by atomic mass is 32.1. The van der Waals surface area contributed by atoms with Crippen molar-refractivity contribution in [1.29, 1.82) is 0 Å². The summed E-state index contributed by atoms with van der Waals surface area (Å²) in [6, 6.07) is 11.7. The van der Waals surface area contributed by atoms with Gasteiger partial charge in [0.25, 0.3) is 0 Å². The predicted octanol–water partition coefficient (Wildman–Crippen LogP) is 3.43. The molecule has 0 radical (unpaired) electrons. The van der Waals surface area contributed by atoms with E-state index >= 15 is 0 Å². The van der Waals surface area contributed by atoms with Crippen molar-refractivity contribution in [2.75, 3.05) is 0 Å². The van der Waals surface area contributed by atoms with Gasteiger partial charge in [-0.2, -0.15) is 0 Å². The monoisotopic (exact) mass is 190 g/mol. The molecule has 0 amide bonds. The van der Waals surface area contributed by atoms with Crippen LogP contribution in [-0.2, 0) is 0 Å². The third kappa shape index (κ3) is 1.58. The lowest BCUT2D eigenvalue weighted by atomic mass is 10.2. The molecule has 2 heteroatoms. The summed E-state index contributed by atoms with van der Waals surface area (Å²) >= 11 is 1.62. The molecule has 0 fully saturated rings. The van der Waals surface area contributed by atoms with E-state index in [2.05, 4.69) is 0 Å². The summed E-state index contributed by atoms with van der Waals surface area (Å²) in [6.07, 6.45) is 0. The Hall–Kier alpha value is -1.28. The van der Waals surface area contributed by atoms with E-state index in [9.17, 15) is 5.11 Å². The Morgan fingerprint density at radius 3 is 2.38 bits per heavy atom. The molecule has 1 nitrogen and oxygen atoms in total. The van der Waals surface area contributed by atoms with Gasteiger partial charge >= 0.3 is 0 Å². The number of aryl methyl sites for hydroxylation is 1. The van der Waals surface area contributed by atoms with Crippen LogP contribution in [0, 0.1) is 6.92 Å². The van der Waals surface area contributed by atoms with Crippen LogP contribution in [0.3, 0.4) is 0 Å². The largest absolute Gasteiger partial charge is 0.506 e. The van der Waals surface area contributed by atoms with Crippen LogP contribution in [0.25, 0.3) is 10.4 Å². The molecule has 1 aromatic heterocycles. The minimum Gasteiger partial charge on any atom is -0.506 e. The van der Waals surface area contributed by atoms with Crippen LogP contribution >= 0.6 is 11.3 Å². The number of thiophene rings is 1. The first-order valence-corrected chi connectivity index (χ1v) is 4.94. The Morgan fingerprint density at radius 1 is 1.15 bits per heavy atom. The summed E-state index contributed by atoms with van der Waals surface area (Å²) in [4.78, 5) is 2.09. The lowest BCUT2D eigenvalue weighted by Gasteiger charge is -1.96. The van der Waals surface area contributed by atoms with Gasteiger partial charge in [0.1, 0.15) is 5.75 Å². The molecule has 0 aliphatic rings. The van der Waals surface area contributed by atoms with Gasteiger partial charge < -0.3 is 5.11 Å². The van der Waals surface area contributed by atoms with E-state index in [0.717, 1.165) is 15.3 Å². The zero-order chi connectivity index (χ0) is 9.26. The van der Waals surface area contributed by atoms with Crippen molar-refractivity contribution in [1.82, 2.24) is 0 Å². The van der Waals surface area contributed by atoms with Crippen molar-refractivity contribution in [2.24, 2.45) is 0 Å². The maximum absolute atomic E-state index is 9.60. The number of hydrogen-bond donors (Lipinski definition) is 1. The summed E-state index contributed by atoms with van der Waals surface area (Å²) < 4.78 is 0. The van der Waals surface area contributed by atoms with Crippen LogP contribution < -0.4 is 0 Å². The first-order valence-electron chi connectivity index (χ1n) is 4.12. The van der Waals surface area contributed by atoms with Crippen molar-refractivity contribution in [3.05, 3.63) is 41.3 Å². The summed E-state index contributed by atoms with van der Waals surface area (Å²) in [5, 5.41) is 9.60. The van der Waals surface area contributed by atoms with Crippen LogP contribution in [0.1, 0.15) is 4.88 Å². The second-order valence-electron chi connectivity index (χ2n) is 2.94. The SMILES string of the molecule is Cc1cc(O)c(-c2ccccc2)s1. The second kappa shape index (κ2) is 3.23. The standard InChI is InChI=1S/C11H10OS/c1-8-7-10(12)11(13-8)9-5-3-2-4-6-9/h2-7,12H,1H3. The van der Waals surface area contributed by atoms with Crippen LogP contribution in [0.5, 0.6) is 5.75 Å². The zero-order valence-corrected chi connectivity index (χ0v) is 8.14. The number of rotatable bonds is 1. The maximum atomic E-state index is 9.60. The van der Waals surface area contributed by atoms with Crippen LogP contribution in [0.4, 0.5) is 0 Å². The minimum absolute atomic E-state index is 0.383. The Kier molecular flexibility index (Phi) is 2.07.